The summed E-state index contributed by atoms with van der Waals surface area (Å²) in [5, 5.41) is 0. The third-order valence-electron chi connectivity index (χ3n) is 2.40. The number of alkyl halides is 9. The molecule has 0 rings (SSSR count). The number of halogens is 9. The topological polar surface area (TPSA) is 26.3 Å². The second-order valence-electron chi connectivity index (χ2n) is 4.03. The smallest absolute Gasteiger partial charge is 0.460 e. The van der Waals surface area contributed by atoms with Crippen LogP contribution < -0.4 is 0 Å². The van der Waals surface area contributed by atoms with E-state index in [-0.39, 0.29) is 6.42 Å². The van der Waals surface area contributed by atoms with Crippen molar-refractivity contribution in [3.8, 4) is 0 Å². The molecule has 0 aliphatic rings. The molecule has 0 unspecified atom stereocenters. The van der Waals surface area contributed by atoms with Gasteiger partial charge in [0.1, 0.15) is 0 Å². The molecule has 0 bridgehead atoms. The van der Waals surface area contributed by atoms with E-state index in [9.17, 15) is 44.3 Å². The van der Waals surface area contributed by atoms with Gasteiger partial charge < -0.3 is 4.74 Å². The van der Waals surface area contributed by atoms with E-state index in [1.54, 1.807) is 0 Å². The fraction of sp³-hybridized carbons (Fsp3) is 0.900. The number of ether oxygens (including phenoxy) is 1. The van der Waals surface area contributed by atoms with Gasteiger partial charge in [-0.1, -0.05) is 6.92 Å². The molecule has 0 radical (unpaired) electrons. The van der Waals surface area contributed by atoms with Crippen LogP contribution in [0.5, 0.6) is 0 Å². The van der Waals surface area contributed by atoms with Crippen LogP contribution in [0.15, 0.2) is 0 Å². The average molecular weight is 334 g/mol. The Balaban J connectivity index is 4.85. The Kier molecular flexibility index (Phi) is 5.96. The maximum atomic E-state index is 13.0. The van der Waals surface area contributed by atoms with E-state index in [2.05, 4.69) is 4.74 Å². The molecule has 0 atom stereocenters. The minimum absolute atomic E-state index is 0.140. The number of carbonyl (C=O) groups is 1. The van der Waals surface area contributed by atoms with Crippen LogP contribution in [-0.2, 0) is 9.53 Å². The van der Waals surface area contributed by atoms with E-state index in [0.29, 0.717) is 0 Å². The molecule has 0 aliphatic heterocycles. The summed E-state index contributed by atoms with van der Waals surface area (Å²) >= 11 is 0. The Hall–Kier alpha value is -1.16. The van der Waals surface area contributed by atoms with Crippen LogP contribution in [0.1, 0.15) is 26.2 Å². The van der Waals surface area contributed by atoms with Crippen molar-refractivity contribution in [1.82, 2.24) is 0 Å². The van der Waals surface area contributed by atoms with Crippen LogP contribution in [0.2, 0.25) is 0 Å². The van der Waals surface area contributed by atoms with Gasteiger partial charge in [-0.15, -0.1) is 0 Å². The van der Waals surface area contributed by atoms with Gasteiger partial charge in [0.05, 0.1) is 6.61 Å². The first-order valence-electron chi connectivity index (χ1n) is 5.56. The van der Waals surface area contributed by atoms with E-state index < -0.39 is 49.4 Å². The van der Waals surface area contributed by atoms with Crippen LogP contribution >= 0.6 is 0 Å². The first kappa shape index (κ1) is 19.8. The number of carbonyl (C=O) groups excluding carboxylic acids is 1. The molecular formula is C10H11F9O2. The molecule has 0 aromatic carbocycles. The first-order chi connectivity index (χ1) is 9.20. The highest BCUT2D eigenvalue weighted by Crippen LogP contribution is 2.54. The Morgan fingerprint density at radius 2 is 1.38 bits per heavy atom. The summed E-state index contributed by atoms with van der Waals surface area (Å²) in [4.78, 5) is 10.6. The van der Waals surface area contributed by atoms with E-state index in [1.165, 1.54) is 6.92 Å². The molecular weight excluding hydrogens is 323 g/mol. The molecule has 21 heavy (non-hydrogen) atoms. The second kappa shape index (κ2) is 6.30. The van der Waals surface area contributed by atoms with Crippen molar-refractivity contribution in [1.29, 1.82) is 0 Å². The van der Waals surface area contributed by atoms with Gasteiger partial charge in [0.2, 0.25) is 0 Å². The Bertz CT molecular complexity index is 362. The highest BCUT2D eigenvalue weighted by Gasteiger charge is 2.81. The van der Waals surface area contributed by atoms with Crippen molar-refractivity contribution in [2.24, 2.45) is 0 Å². The average Bonchev–Trinajstić information content (AvgIpc) is 2.32. The summed E-state index contributed by atoms with van der Waals surface area (Å²) in [5.74, 6) is -20.0. The molecule has 0 fully saturated rings. The summed E-state index contributed by atoms with van der Waals surface area (Å²) in [5.41, 5.74) is 0. The van der Waals surface area contributed by atoms with Gasteiger partial charge in [0, 0.05) is 12.8 Å². The van der Waals surface area contributed by atoms with Crippen LogP contribution in [0, 0.1) is 0 Å². The largest absolute Gasteiger partial charge is 0.466 e. The number of hydrogen-bond acceptors (Lipinski definition) is 2. The van der Waals surface area contributed by atoms with Crippen molar-refractivity contribution in [2.45, 2.75) is 50.1 Å². The third kappa shape index (κ3) is 4.16. The van der Waals surface area contributed by atoms with Crippen LogP contribution in [0.25, 0.3) is 0 Å². The number of rotatable bonds is 7. The molecule has 11 heteroatoms. The van der Waals surface area contributed by atoms with Crippen molar-refractivity contribution in [3.63, 3.8) is 0 Å². The van der Waals surface area contributed by atoms with E-state index >= 15 is 0 Å². The van der Waals surface area contributed by atoms with E-state index in [1.807, 2.05) is 0 Å². The molecule has 0 aromatic rings. The fourth-order valence-corrected chi connectivity index (χ4v) is 1.15. The zero-order valence-corrected chi connectivity index (χ0v) is 10.5. The molecule has 2 nitrogen and oxygen atoms in total. The Morgan fingerprint density at radius 1 is 0.905 bits per heavy atom. The summed E-state index contributed by atoms with van der Waals surface area (Å²) in [6.07, 6.45) is -9.96. The van der Waals surface area contributed by atoms with Crippen molar-refractivity contribution in [2.75, 3.05) is 6.61 Å². The normalized spacial score (nSPS) is 14.2. The lowest BCUT2D eigenvalue weighted by molar-refractivity contribution is -0.396. The molecule has 0 N–H and O–H groups in total. The predicted molar refractivity (Wildman–Crippen MR) is 51.4 cm³/mol. The standard InChI is InChI=1S/C10H11F9O2/c1-2-6(20)21-5-3-4-7(11,12)8(13,14)9(15,16)10(17,18)19/h2-5H2,1H3. The molecule has 0 heterocycles. The second-order valence-corrected chi connectivity index (χ2v) is 4.03. The lowest BCUT2D eigenvalue weighted by atomic mass is 10.00. The van der Waals surface area contributed by atoms with E-state index in [0.717, 1.165) is 0 Å². The Labute approximate surface area is 113 Å². The van der Waals surface area contributed by atoms with Gasteiger partial charge in [-0.25, -0.2) is 0 Å². The monoisotopic (exact) mass is 334 g/mol. The number of esters is 1. The Morgan fingerprint density at radius 3 is 1.76 bits per heavy atom. The molecule has 0 spiro atoms. The lowest BCUT2D eigenvalue weighted by Crippen LogP contribution is -2.60. The predicted octanol–water partition coefficient (Wildman–Crippen LogP) is 4.19. The summed E-state index contributed by atoms with van der Waals surface area (Å²) in [6.45, 7) is 0.547. The minimum Gasteiger partial charge on any atom is -0.466 e. The van der Waals surface area contributed by atoms with Crippen molar-refractivity contribution < 1.29 is 49.0 Å². The fourth-order valence-electron chi connectivity index (χ4n) is 1.15. The first-order valence-corrected chi connectivity index (χ1v) is 5.56. The van der Waals surface area contributed by atoms with Crippen LogP contribution in [-0.4, -0.2) is 36.5 Å². The maximum absolute atomic E-state index is 13.0. The van der Waals surface area contributed by atoms with Crippen LogP contribution in [0.3, 0.4) is 0 Å². The lowest BCUT2D eigenvalue weighted by Gasteiger charge is -2.33. The summed E-state index contributed by atoms with van der Waals surface area (Å²) in [7, 11) is 0. The van der Waals surface area contributed by atoms with Crippen LogP contribution in [0.4, 0.5) is 39.5 Å². The zero-order chi connectivity index (χ0) is 17.1. The molecule has 0 saturated heterocycles. The van der Waals surface area contributed by atoms with E-state index in [4.69, 9.17) is 0 Å². The molecule has 0 aromatic heterocycles. The molecule has 126 valence electrons. The molecule has 0 saturated carbocycles. The minimum atomic E-state index is -6.89. The highest BCUT2D eigenvalue weighted by atomic mass is 19.4. The van der Waals surface area contributed by atoms with Crippen molar-refractivity contribution in [3.05, 3.63) is 0 Å². The van der Waals surface area contributed by atoms with Gasteiger partial charge in [0.15, 0.2) is 0 Å². The maximum Gasteiger partial charge on any atom is 0.460 e. The third-order valence-corrected chi connectivity index (χ3v) is 2.40. The van der Waals surface area contributed by atoms with Crippen molar-refractivity contribution >= 4 is 5.97 Å². The van der Waals surface area contributed by atoms with Gasteiger partial charge in [-0.2, -0.15) is 39.5 Å². The molecule has 0 aliphatic carbocycles. The highest BCUT2D eigenvalue weighted by molar-refractivity contribution is 5.68. The number of hydrogen-bond donors (Lipinski definition) is 0. The summed E-state index contributed by atoms with van der Waals surface area (Å²) < 4.78 is 116. The van der Waals surface area contributed by atoms with Gasteiger partial charge in [-0.3, -0.25) is 4.79 Å². The SMILES string of the molecule is CCC(=O)OCCCC(F)(F)C(F)(F)C(F)(F)C(F)(F)F. The van der Waals surface area contributed by atoms with Gasteiger partial charge in [-0.05, 0) is 6.42 Å². The zero-order valence-electron chi connectivity index (χ0n) is 10.5. The summed E-state index contributed by atoms with van der Waals surface area (Å²) in [6, 6.07) is 0. The quantitative estimate of drug-likeness (QED) is 0.396. The van der Waals surface area contributed by atoms with Gasteiger partial charge >= 0.3 is 29.9 Å². The molecule has 0 amide bonds. The van der Waals surface area contributed by atoms with Gasteiger partial charge in [0.25, 0.3) is 0 Å².